The van der Waals surface area contributed by atoms with Crippen molar-refractivity contribution in [3.63, 3.8) is 0 Å². The first-order valence-corrected chi connectivity index (χ1v) is 5.59. The summed E-state index contributed by atoms with van der Waals surface area (Å²) < 4.78 is 44.3. The molecule has 1 aromatic rings. The molecule has 0 unspecified atom stereocenters. The highest BCUT2D eigenvalue weighted by molar-refractivity contribution is 6.32. The van der Waals surface area contributed by atoms with E-state index >= 15 is 0 Å². The van der Waals surface area contributed by atoms with E-state index in [1.165, 1.54) is 12.1 Å². The van der Waals surface area contributed by atoms with E-state index in [-0.39, 0.29) is 11.6 Å². The summed E-state index contributed by atoms with van der Waals surface area (Å²) >= 11 is 5.77. The van der Waals surface area contributed by atoms with Crippen LogP contribution in [0.25, 0.3) is 6.08 Å². The minimum absolute atomic E-state index is 0.0299. The minimum atomic E-state index is -4.77. The predicted octanol–water partition coefficient (Wildman–Crippen LogP) is 3.81. The van der Waals surface area contributed by atoms with Crippen LogP contribution in [-0.2, 0) is 9.53 Å². The summed E-state index contributed by atoms with van der Waals surface area (Å²) in [6, 6.07) is 3.42. The molecule has 0 saturated heterocycles. The molecule has 7 heteroatoms. The summed E-state index contributed by atoms with van der Waals surface area (Å²) in [6.07, 6.45) is -2.29. The number of esters is 1. The smallest absolute Gasteiger partial charge is 0.463 e. The van der Waals surface area contributed by atoms with Gasteiger partial charge < -0.3 is 9.47 Å². The largest absolute Gasteiger partial charge is 0.573 e. The van der Waals surface area contributed by atoms with E-state index in [0.717, 1.165) is 18.2 Å². The van der Waals surface area contributed by atoms with Crippen LogP contribution in [0.2, 0.25) is 5.02 Å². The molecular weight excluding hydrogens is 285 g/mol. The van der Waals surface area contributed by atoms with Crippen LogP contribution in [0, 0.1) is 0 Å². The Hall–Kier alpha value is -1.69. The third-order valence-corrected chi connectivity index (χ3v) is 2.22. The first-order chi connectivity index (χ1) is 8.81. The fourth-order valence-electron chi connectivity index (χ4n) is 1.19. The standard InChI is InChI=1S/C12H10ClF3O3/c1-2-18-11(17)6-4-8-3-5-9(7-10(8)13)19-12(14,15)16/h3-7H,2H2,1H3. The Balaban J connectivity index is 2.80. The lowest BCUT2D eigenvalue weighted by Crippen LogP contribution is -2.17. The second kappa shape index (κ2) is 6.47. The van der Waals surface area contributed by atoms with Crippen LogP contribution in [0.15, 0.2) is 24.3 Å². The zero-order chi connectivity index (χ0) is 14.5. The Labute approximate surface area is 112 Å². The molecule has 0 saturated carbocycles. The molecule has 0 amide bonds. The molecule has 0 atom stereocenters. The fraction of sp³-hybridized carbons (Fsp3) is 0.250. The topological polar surface area (TPSA) is 35.5 Å². The molecular formula is C12H10ClF3O3. The van der Waals surface area contributed by atoms with Crippen molar-refractivity contribution in [1.29, 1.82) is 0 Å². The zero-order valence-electron chi connectivity index (χ0n) is 9.83. The Kier molecular flexibility index (Phi) is 5.23. The maximum Gasteiger partial charge on any atom is 0.573 e. The number of alkyl halides is 3. The lowest BCUT2D eigenvalue weighted by molar-refractivity contribution is -0.274. The highest BCUT2D eigenvalue weighted by atomic mass is 35.5. The molecule has 0 N–H and O–H groups in total. The highest BCUT2D eigenvalue weighted by Gasteiger charge is 2.31. The van der Waals surface area contributed by atoms with Crippen LogP contribution in [0.3, 0.4) is 0 Å². The predicted molar refractivity (Wildman–Crippen MR) is 63.8 cm³/mol. The molecule has 19 heavy (non-hydrogen) atoms. The summed E-state index contributed by atoms with van der Waals surface area (Å²) in [5, 5.41) is 0.0299. The minimum Gasteiger partial charge on any atom is -0.463 e. The first kappa shape index (κ1) is 15.4. The van der Waals surface area contributed by atoms with Gasteiger partial charge in [0.2, 0.25) is 0 Å². The Morgan fingerprint density at radius 3 is 2.63 bits per heavy atom. The summed E-state index contributed by atoms with van der Waals surface area (Å²) in [5.41, 5.74) is 0.379. The summed E-state index contributed by atoms with van der Waals surface area (Å²) in [6.45, 7) is 1.89. The van der Waals surface area contributed by atoms with E-state index in [2.05, 4.69) is 9.47 Å². The van der Waals surface area contributed by atoms with Crippen LogP contribution in [0.4, 0.5) is 13.2 Å². The first-order valence-electron chi connectivity index (χ1n) is 5.22. The third kappa shape index (κ3) is 5.65. The normalized spacial score (nSPS) is 11.6. The molecule has 0 heterocycles. The van der Waals surface area contributed by atoms with Crippen LogP contribution >= 0.6 is 11.6 Å². The van der Waals surface area contributed by atoms with Crippen molar-refractivity contribution < 1.29 is 27.4 Å². The quantitative estimate of drug-likeness (QED) is 0.625. The van der Waals surface area contributed by atoms with Gasteiger partial charge >= 0.3 is 12.3 Å². The van der Waals surface area contributed by atoms with Crippen LogP contribution in [0.1, 0.15) is 12.5 Å². The summed E-state index contributed by atoms with van der Waals surface area (Å²) in [7, 11) is 0. The van der Waals surface area contributed by atoms with Crippen molar-refractivity contribution >= 4 is 23.6 Å². The van der Waals surface area contributed by atoms with Gasteiger partial charge in [-0.25, -0.2) is 4.79 Å². The van der Waals surface area contributed by atoms with Crippen LogP contribution < -0.4 is 4.74 Å². The highest BCUT2D eigenvalue weighted by Crippen LogP contribution is 2.28. The van der Waals surface area contributed by atoms with E-state index in [4.69, 9.17) is 11.6 Å². The monoisotopic (exact) mass is 294 g/mol. The molecule has 3 nitrogen and oxygen atoms in total. The van der Waals surface area contributed by atoms with Gasteiger partial charge in [0.1, 0.15) is 5.75 Å². The van der Waals surface area contributed by atoms with Gasteiger partial charge in [0.05, 0.1) is 11.6 Å². The van der Waals surface area contributed by atoms with Crippen LogP contribution in [-0.4, -0.2) is 18.9 Å². The van der Waals surface area contributed by atoms with E-state index in [9.17, 15) is 18.0 Å². The number of rotatable bonds is 4. The van der Waals surface area contributed by atoms with Crippen molar-refractivity contribution in [1.82, 2.24) is 0 Å². The van der Waals surface area contributed by atoms with Gasteiger partial charge in [0.15, 0.2) is 0 Å². The van der Waals surface area contributed by atoms with Gasteiger partial charge in [0.25, 0.3) is 0 Å². The van der Waals surface area contributed by atoms with Gasteiger partial charge in [-0.15, -0.1) is 13.2 Å². The Morgan fingerprint density at radius 1 is 1.42 bits per heavy atom. The molecule has 104 valence electrons. The molecule has 0 aliphatic carbocycles. The lowest BCUT2D eigenvalue weighted by Gasteiger charge is -2.09. The van der Waals surface area contributed by atoms with Crippen molar-refractivity contribution in [3.05, 3.63) is 34.9 Å². The Bertz CT molecular complexity index is 484. The van der Waals surface area contributed by atoms with Crippen molar-refractivity contribution in [2.75, 3.05) is 6.61 Å². The van der Waals surface area contributed by atoms with Gasteiger partial charge in [-0.2, -0.15) is 0 Å². The molecule has 1 rings (SSSR count). The molecule has 1 aromatic carbocycles. The number of carbonyl (C=O) groups excluding carboxylic acids is 1. The van der Waals surface area contributed by atoms with Crippen LogP contribution in [0.5, 0.6) is 5.75 Å². The van der Waals surface area contributed by atoms with Gasteiger partial charge in [-0.1, -0.05) is 11.6 Å². The Morgan fingerprint density at radius 2 is 2.11 bits per heavy atom. The molecule has 0 radical (unpaired) electrons. The van der Waals surface area contributed by atoms with E-state index in [1.54, 1.807) is 6.92 Å². The van der Waals surface area contributed by atoms with E-state index in [0.29, 0.717) is 5.56 Å². The maximum absolute atomic E-state index is 12.0. The zero-order valence-corrected chi connectivity index (χ0v) is 10.6. The molecule has 0 fully saturated rings. The second-order valence-electron chi connectivity index (χ2n) is 3.32. The number of benzene rings is 1. The van der Waals surface area contributed by atoms with Crippen molar-refractivity contribution in [2.45, 2.75) is 13.3 Å². The van der Waals surface area contributed by atoms with Crippen molar-refractivity contribution in [2.24, 2.45) is 0 Å². The summed E-state index contributed by atoms with van der Waals surface area (Å²) in [4.78, 5) is 11.1. The van der Waals surface area contributed by atoms with E-state index < -0.39 is 18.1 Å². The van der Waals surface area contributed by atoms with Gasteiger partial charge in [-0.05, 0) is 36.8 Å². The van der Waals surface area contributed by atoms with Gasteiger partial charge in [0, 0.05) is 6.08 Å². The molecule has 0 aromatic heterocycles. The average Bonchev–Trinajstić information content (AvgIpc) is 2.26. The second-order valence-corrected chi connectivity index (χ2v) is 3.72. The number of halogens is 4. The maximum atomic E-state index is 12.0. The number of carbonyl (C=O) groups is 1. The number of hydrogen-bond donors (Lipinski definition) is 0. The van der Waals surface area contributed by atoms with E-state index in [1.807, 2.05) is 0 Å². The molecule has 0 bridgehead atoms. The molecule has 0 spiro atoms. The fourth-order valence-corrected chi connectivity index (χ4v) is 1.42. The van der Waals surface area contributed by atoms with Gasteiger partial charge in [-0.3, -0.25) is 0 Å². The lowest BCUT2D eigenvalue weighted by atomic mass is 10.2. The average molecular weight is 295 g/mol. The number of ether oxygens (including phenoxy) is 2. The summed E-state index contributed by atoms with van der Waals surface area (Å²) in [5.74, 6) is -0.986. The third-order valence-electron chi connectivity index (χ3n) is 1.89. The number of hydrogen-bond acceptors (Lipinski definition) is 3. The SMILES string of the molecule is CCOC(=O)C=Cc1ccc(OC(F)(F)F)cc1Cl. The van der Waals surface area contributed by atoms with Crippen molar-refractivity contribution in [3.8, 4) is 5.75 Å². The molecule has 0 aliphatic rings. The molecule has 0 aliphatic heterocycles.